The molecule has 3 amide bonds. The third kappa shape index (κ3) is 14.1. The molecule has 0 aromatic heterocycles. The second-order valence-electron chi connectivity index (χ2n) is 5.52. The Morgan fingerprint density at radius 3 is 2.07 bits per heavy atom. The number of hydrogen-bond acceptors (Lipinski definition) is 11. The molecular formula is C15H27N5O8S. The SMILES string of the molecule is COC(=O)NCC(=O)CNC(CCCCNC(=O)CNC(=O)OC)C(=O)ONS. The van der Waals surface area contributed by atoms with Crippen LogP contribution in [0.15, 0.2) is 0 Å². The summed E-state index contributed by atoms with van der Waals surface area (Å²) < 4.78 is 8.69. The summed E-state index contributed by atoms with van der Waals surface area (Å²) in [5, 5.41) is 9.82. The van der Waals surface area contributed by atoms with E-state index in [0.717, 1.165) is 0 Å². The van der Waals surface area contributed by atoms with Crippen molar-refractivity contribution < 1.29 is 38.3 Å². The zero-order valence-electron chi connectivity index (χ0n) is 16.2. The van der Waals surface area contributed by atoms with E-state index in [-0.39, 0.29) is 31.3 Å². The van der Waals surface area contributed by atoms with Crippen LogP contribution in [0.3, 0.4) is 0 Å². The van der Waals surface area contributed by atoms with E-state index in [1.807, 2.05) is 4.89 Å². The number of thiol groups is 1. The van der Waals surface area contributed by atoms with Crippen LogP contribution < -0.4 is 26.2 Å². The van der Waals surface area contributed by atoms with Crippen LogP contribution in [0.1, 0.15) is 19.3 Å². The minimum Gasteiger partial charge on any atom is -0.453 e. The summed E-state index contributed by atoms with van der Waals surface area (Å²) in [7, 11) is 2.36. The van der Waals surface area contributed by atoms with E-state index in [9.17, 15) is 24.0 Å². The average molecular weight is 437 g/mol. The molecule has 0 radical (unpaired) electrons. The number of rotatable bonds is 14. The molecule has 0 saturated carbocycles. The molecule has 0 heterocycles. The quantitative estimate of drug-likeness (QED) is 0.0804. The van der Waals surface area contributed by atoms with Gasteiger partial charge in [-0.3, -0.25) is 14.9 Å². The predicted molar refractivity (Wildman–Crippen MR) is 103 cm³/mol. The van der Waals surface area contributed by atoms with Crippen molar-refractivity contribution in [3.8, 4) is 0 Å². The predicted octanol–water partition coefficient (Wildman–Crippen LogP) is -1.60. The van der Waals surface area contributed by atoms with Gasteiger partial charge < -0.3 is 30.3 Å². The Labute approximate surface area is 173 Å². The van der Waals surface area contributed by atoms with Gasteiger partial charge in [-0.1, -0.05) is 17.7 Å². The maximum Gasteiger partial charge on any atom is 0.407 e. The minimum absolute atomic E-state index is 0.174. The molecule has 0 fully saturated rings. The Morgan fingerprint density at radius 1 is 0.862 bits per heavy atom. The highest BCUT2D eigenvalue weighted by molar-refractivity contribution is 7.77. The van der Waals surface area contributed by atoms with Crippen molar-refractivity contribution >= 4 is 42.7 Å². The van der Waals surface area contributed by atoms with Crippen molar-refractivity contribution in [2.24, 2.45) is 0 Å². The number of Topliss-reactive ketones (excluding diaryl/α,β-unsaturated/α-hetero) is 1. The molecule has 1 unspecified atom stereocenters. The number of carbonyl (C=O) groups is 5. The number of ketones is 1. The van der Waals surface area contributed by atoms with E-state index < -0.39 is 24.2 Å². The van der Waals surface area contributed by atoms with E-state index in [4.69, 9.17) is 0 Å². The van der Waals surface area contributed by atoms with Crippen LogP contribution >= 0.6 is 12.8 Å². The molecule has 14 heteroatoms. The van der Waals surface area contributed by atoms with Crippen LogP contribution in [0.2, 0.25) is 0 Å². The number of unbranched alkanes of at least 4 members (excludes halogenated alkanes) is 1. The smallest absolute Gasteiger partial charge is 0.407 e. The lowest BCUT2D eigenvalue weighted by Crippen LogP contribution is -2.44. The molecule has 166 valence electrons. The van der Waals surface area contributed by atoms with Crippen LogP contribution in [0.4, 0.5) is 9.59 Å². The number of ether oxygens (including phenoxy) is 2. The van der Waals surface area contributed by atoms with E-state index in [1.54, 1.807) is 0 Å². The molecule has 0 aliphatic carbocycles. The maximum atomic E-state index is 11.9. The number of alkyl carbamates (subject to hydrolysis) is 2. The Kier molecular flexibility index (Phi) is 14.9. The fourth-order valence-electron chi connectivity index (χ4n) is 1.95. The average Bonchev–Trinajstić information content (AvgIpc) is 2.71. The van der Waals surface area contributed by atoms with Crippen molar-refractivity contribution in [3.63, 3.8) is 0 Å². The van der Waals surface area contributed by atoms with Crippen molar-refractivity contribution in [3.05, 3.63) is 0 Å². The molecule has 0 saturated heterocycles. The topological polar surface area (TPSA) is 173 Å². The molecule has 13 nitrogen and oxygen atoms in total. The van der Waals surface area contributed by atoms with Gasteiger partial charge in [0.15, 0.2) is 5.78 Å². The van der Waals surface area contributed by atoms with Gasteiger partial charge in [-0.2, -0.15) is 0 Å². The normalized spacial score (nSPS) is 11.0. The van der Waals surface area contributed by atoms with Crippen molar-refractivity contribution in [1.82, 2.24) is 26.2 Å². The van der Waals surface area contributed by atoms with Gasteiger partial charge in [-0.15, -0.1) is 0 Å². The zero-order valence-corrected chi connectivity index (χ0v) is 17.1. The molecular weight excluding hydrogens is 410 g/mol. The number of carbonyl (C=O) groups excluding carboxylic acids is 5. The van der Waals surface area contributed by atoms with Gasteiger partial charge in [-0.25, -0.2) is 14.4 Å². The summed E-state index contributed by atoms with van der Waals surface area (Å²) in [6.07, 6.45) is -0.0539. The van der Waals surface area contributed by atoms with Gasteiger partial charge in [0.2, 0.25) is 5.91 Å². The molecule has 0 aromatic carbocycles. The first-order valence-corrected chi connectivity index (χ1v) is 9.03. The summed E-state index contributed by atoms with van der Waals surface area (Å²) in [6, 6.07) is -0.798. The number of amides is 3. The number of hydrogen-bond donors (Lipinski definition) is 6. The lowest BCUT2D eigenvalue weighted by Gasteiger charge is -2.16. The second-order valence-corrected chi connectivity index (χ2v) is 5.70. The van der Waals surface area contributed by atoms with E-state index in [2.05, 4.69) is 48.4 Å². The van der Waals surface area contributed by atoms with Crippen LogP contribution in [0.25, 0.3) is 0 Å². The first-order valence-electron chi connectivity index (χ1n) is 8.59. The maximum absolute atomic E-state index is 11.9. The zero-order chi connectivity index (χ0) is 22.1. The largest absolute Gasteiger partial charge is 0.453 e. The third-order valence-corrected chi connectivity index (χ3v) is 3.50. The van der Waals surface area contributed by atoms with Crippen LogP contribution in [-0.4, -0.2) is 76.3 Å². The Hall–Kier alpha value is -2.58. The van der Waals surface area contributed by atoms with Crippen LogP contribution in [-0.2, 0) is 28.7 Å². The molecule has 29 heavy (non-hydrogen) atoms. The first kappa shape index (κ1) is 26.4. The van der Waals surface area contributed by atoms with Gasteiger partial charge >= 0.3 is 18.2 Å². The van der Waals surface area contributed by atoms with E-state index in [0.29, 0.717) is 25.8 Å². The molecule has 0 aliphatic heterocycles. The highest BCUT2D eigenvalue weighted by Crippen LogP contribution is 2.03. The number of nitrogens with one attached hydrogen (secondary N) is 5. The summed E-state index contributed by atoms with van der Waals surface area (Å²) >= 11 is 3.58. The van der Waals surface area contributed by atoms with Gasteiger partial charge in [0.25, 0.3) is 0 Å². The number of methoxy groups -OCH3 is 2. The van der Waals surface area contributed by atoms with Gasteiger partial charge in [0.05, 0.1) is 33.9 Å². The van der Waals surface area contributed by atoms with Gasteiger partial charge in [0, 0.05) is 6.54 Å². The highest BCUT2D eigenvalue weighted by Gasteiger charge is 2.20. The van der Waals surface area contributed by atoms with Gasteiger partial charge in [-0.05, 0) is 19.3 Å². The van der Waals surface area contributed by atoms with E-state index >= 15 is 0 Å². The summed E-state index contributed by atoms with van der Waals surface area (Å²) in [4.78, 5) is 63.5. The monoisotopic (exact) mass is 437 g/mol. The molecule has 0 aliphatic rings. The minimum atomic E-state index is -0.798. The van der Waals surface area contributed by atoms with Crippen molar-refractivity contribution in [1.29, 1.82) is 0 Å². The Morgan fingerprint density at radius 2 is 1.48 bits per heavy atom. The van der Waals surface area contributed by atoms with Crippen molar-refractivity contribution in [2.75, 3.05) is 40.4 Å². The van der Waals surface area contributed by atoms with E-state index in [1.165, 1.54) is 14.2 Å². The fourth-order valence-corrected chi connectivity index (χ4v) is 2.04. The van der Waals surface area contributed by atoms with Gasteiger partial charge in [0.1, 0.15) is 6.04 Å². The molecule has 0 spiro atoms. The molecule has 1 atom stereocenters. The molecule has 0 aromatic rings. The van der Waals surface area contributed by atoms with Crippen LogP contribution in [0.5, 0.6) is 0 Å². The summed E-state index contributed by atoms with van der Waals surface area (Å²) in [5.74, 6) is -1.41. The second kappa shape index (κ2) is 16.4. The summed E-state index contributed by atoms with van der Waals surface area (Å²) in [6.45, 7) is -0.307. The highest BCUT2D eigenvalue weighted by atomic mass is 32.1. The Bertz CT molecular complexity index is 563. The first-order chi connectivity index (χ1) is 13.8. The summed E-state index contributed by atoms with van der Waals surface area (Å²) in [5.41, 5.74) is 0. The standard InChI is InChI=1S/C15H27N5O8S/c1-26-14(24)18-8-10(21)7-17-11(13(23)28-20-29)5-3-4-6-16-12(22)9-19-15(25)27-2/h11,17,20,29H,3-9H2,1-2H3,(H,16,22)(H,18,24)(H,19,25). The fraction of sp³-hybridized carbons (Fsp3) is 0.667. The van der Waals surface area contributed by atoms with Crippen molar-refractivity contribution in [2.45, 2.75) is 25.3 Å². The molecule has 0 rings (SSSR count). The lowest BCUT2D eigenvalue weighted by molar-refractivity contribution is -0.149. The lowest BCUT2D eigenvalue weighted by atomic mass is 10.1. The third-order valence-electron chi connectivity index (χ3n) is 3.41. The van der Waals surface area contributed by atoms with Crippen LogP contribution in [0, 0.1) is 0 Å². The molecule has 5 N–H and O–H groups in total. The molecule has 0 bridgehead atoms. The Balaban J connectivity index is 4.19.